The lowest BCUT2D eigenvalue weighted by atomic mass is 9.87. The predicted octanol–water partition coefficient (Wildman–Crippen LogP) is 2.10. The van der Waals surface area contributed by atoms with E-state index in [-0.39, 0.29) is 12.1 Å². The maximum Gasteiger partial charge on any atom is 0.308 e. The molecule has 0 bridgehead atoms. The fraction of sp³-hybridized carbons (Fsp3) is 0.500. The van der Waals surface area contributed by atoms with Gasteiger partial charge >= 0.3 is 5.97 Å². The summed E-state index contributed by atoms with van der Waals surface area (Å²) in [6, 6.07) is 4.74. The third kappa shape index (κ3) is 5.85. The number of carbonyl (C=O) groups excluding carboxylic acids is 2. The number of aliphatic carboxylic acids is 1. The Bertz CT molecular complexity index is 635. The van der Waals surface area contributed by atoms with Crippen LogP contribution < -0.4 is 10.6 Å². The van der Waals surface area contributed by atoms with Crippen molar-refractivity contribution >= 4 is 17.8 Å². The van der Waals surface area contributed by atoms with E-state index >= 15 is 0 Å². The van der Waals surface area contributed by atoms with Crippen molar-refractivity contribution in [3.05, 3.63) is 35.6 Å². The van der Waals surface area contributed by atoms with Crippen LogP contribution in [0.1, 0.15) is 48.9 Å². The molecule has 2 atom stereocenters. The molecular formula is C18H23FN2O4. The third-order valence-corrected chi connectivity index (χ3v) is 4.43. The van der Waals surface area contributed by atoms with Crippen LogP contribution in [0.15, 0.2) is 24.3 Å². The number of carboxylic acid groups (broad SMARTS) is 1. The summed E-state index contributed by atoms with van der Waals surface area (Å²) in [7, 11) is 0. The molecule has 0 aromatic heterocycles. The van der Waals surface area contributed by atoms with Crippen molar-refractivity contribution in [1.29, 1.82) is 0 Å². The summed E-state index contributed by atoms with van der Waals surface area (Å²) in [6.07, 6.45) is 4.88. The highest BCUT2D eigenvalue weighted by Gasteiger charge is 2.29. The molecule has 0 aliphatic heterocycles. The van der Waals surface area contributed by atoms with E-state index in [1.807, 2.05) is 0 Å². The molecule has 2 amide bonds. The Labute approximate surface area is 145 Å². The van der Waals surface area contributed by atoms with Gasteiger partial charge in [-0.15, -0.1) is 0 Å². The summed E-state index contributed by atoms with van der Waals surface area (Å²) in [6.45, 7) is -0.280. The van der Waals surface area contributed by atoms with Gasteiger partial charge in [0.2, 0.25) is 5.91 Å². The highest BCUT2D eigenvalue weighted by atomic mass is 19.1. The first-order chi connectivity index (χ1) is 12.0. The number of halogens is 1. The zero-order valence-corrected chi connectivity index (χ0v) is 14.0. The highest BCUT2D eigenvalue weighted by molar-refractivity contribution is 5.96. The average molecular weight is 350 g/mol. The van der Waals surface area contributed by atoms with Crippen molar-refractivity contribution in [2.24, 2.45) is 5.92 Å². The lowest BCUT2D eigenvalue weighted by Crippen LogP contribution is -2.47. The van der Waals surface area contributed by atoms with Crippen molar-refractivity contribution in [2.75, 3.05) is 6.54 Å². The summed E-state index contributed by atoms with van der Waals surface area (Å²) in [5.41, 5.74) is 0.127. The van der Waals surface area contributed by atoms with Gasteiger partial charge in [-0.05, 0) is 31.0 Å². The number of rotatable bonds is 5. The fourth-order valence-electron chi connectivity index (χ4n) is 3.10. The average Bonchev–Trinajstić information content (AvgIpc) is 2.55. The Morgan fingerprint density at radius 1 is 1.12 bits per heavy atom. The van der Waals surface area contributed by atoms with Crippen molar-refractivity contribution in [3.63, 3.8) is 0 Å². The molecule has 3 N–H and O–H groups in total. The van der Waals surface area contributed by atoms with Gasteiger partial charge in [-0.25, -0.2) is 4.39 Å². The van der Waals surface area contributed by atoms with E-state index in [9.17, 15) is 23.9 Å². The van der Waals surface area contributed by atoms with Crippen LogP contribution in [-0.4, -0.2) is 35.5 Å². The molecule has 1 aromatic carbocycles. The van der Waals surface area contributed by atoms with Crippen LogP contribution in [0.25, 0.3) is 0 Å². The Kier molecular flexibility index (Phi) is 6.91. The number of amides is 2. The Hall–Kier alpha value is -2.44. The number of hydrogen-bond acceptors (Lipinski definition) is 3. The number of nitrogens with one attached hydrogen (secondary N) is 2. The molecule has 136 valence electrons. The van der Waals surface area contributed by atoms with Gasteiger partial charge in [-0.2, -0.15) is 0 Å². The number of benzene rings is 1. The molecule has 0 radical (unpaired) electrons. The summed E-state index contributed by atoms with van der Waals surface area (Å²) in [5, 5.41) is 14.5. The van der Waals surface area contributed by atoms with Crippen LogP contribution in [0.2, 0.25) is 0 Å². The molecule has 2 rings (SSSR count). The fourth-order valence-corrected chi connectivity index (χ4v) is 3.10. The number of hydrogen-bond donors (Lipinski definition) is 3. The minimum atomic E-state index is -0.906. The number of carboxylic acids is 1. The molecule has 1 fully saturated rings. The van der Waals surface area contributed by atoms with E-state index in [1.165, 1.54) is 18.2 Å². The van der Waals surface area contributed by atoms with Gasteiger partial charge in [-0.3, -0.25) is 14.4 Å². The van der Waals surface area contributed by atoms with Crippen LogP contribution in [0, 0.1) is 11.7 Å². The monoisotopic (exact) mass is 350 g/mol. The second-order valence-corrected chi connectivity index (χ2v) is 6.30. The topological polar surface area (TPSA) is 95.5 Å². The van der Waals surface area contributed by atoms with Crippen LogP contribution >= 0.6 is 0 Å². The molecule has 1 aliphatic carbocycles. The van der Waals surface area contributed by atoms with Gasteiger partial charge in [-0.1, -0.05) is 31.7 Å². The minimum Gasteiger partial charge on any atom is -0.481 e. The van der Waals surface area contributed by atoms with Gasteiger partial charge in [0, 0.05) is 11.6 Å². The van der Waals surface area contributed by atoms with Crippen molar-refractivity contribution < 1.29 is 23.9 Å². The van der Waals surface area contributed by atoms with Gasteiger partial charge in [0.15, 0.2) is 0 Å². The predicted molar refractivity (Wildman–Crippen MR) is 89.5 cm³/mol. The molecule has 7 heteroatoms. The molecule has 0 spiro atoms. The second-order valence-electron chi connectivity index (χ2n) is 6.30. The minimum absolute atomic E-state index is 0.127. The second kappa shape index (κ2) is 9.15. The molecular weight excluding hydrogens is 327 g/mol. The highest BCUT2D eigenvalue weighted by Crippen LogP contribution is 2.23. The van der Waals surface area contributed by atoms with Crippen molar-refractivity contribution in [1.82, 2.24) is 10.6 Å². The van der Waals surface area contributed by atoms with E-state index in [0.29, 0.717) is 12.8 Å². The molecule has 2 unspecified atom stereocenters. The summed E-state index contributed by atoms with van der Waals surface area (Å²) < 4.78 is 13.1. The SMILES string of the molecule is O=C(CNC(=O)c1cccc(F)c1)NC1CCCCCCC1C(=O)O. The first kappa shape index (κ1) is 18.9. The van der Waals surface area contributed by atoms with Gasteiger partial charge in [0.05, 0.1) is 12.5 Å². The quantitative estimate of drug-likeness (QED) is 0.758. The molecule has 25 heavy (non-hydrogen) atoms. The van der Waals surface area contributed by atoms with Gasteiger partial charge in [0.1, 0.15) is 5.82 Å². The van der Waals surface area contributed by atoms with Crippen LogP contribution in [0.4, 0.5) is 4.39 Å². The Morgan fingerprint density at radius 3 is 2.52 bits per heavy atom. The molecule has 1 aromatic rings. The molecule has 1 aliphatic rings. The lowest BCUT2D eigenvalue weighted by Gasteiger charge is -2.27. The largest absolute Gasteiger partial charge is 0.481 e. The lowest BCUT2D eigenvalue weighted by molar-refractivity contribution is -0.143. The van der Waals surface area contributed by atoms with Crippen molar-refractivity contribution in [2.45, 2.75) is 44.6 Å². The van der Waals surface area contributed by atoms with Crippen LogP contribution in [-0.2, 0) is 9.59 Å². The zero-order chi connectivity index (χ0) is 18.2. The summed E-state index contributed by atoms with van der Waals surface area (Å²) in [5.74, 6) is -3.04. The standard InChI is InChI=1S/C18H23FN2O4/c19-13-7-5-6-12(10-13)17(23)20-11-16(22)21-15-9-4-2-1-3-8-14(15)18(24)25/h5-7,10,14-15H,1-4,8-9,11H2,(H,20,23)(H,21,22)(H,24,25). The third-order valence-electron chi connectivity index (χ3n) is 4.43. The molecule has 1 saturated carbocycles. The molecule has 6 nitrogen and oxygen atoms in total. The van der Waals surface area contributed by atoms with Crippen molar-refractivity contribution in [3.8, 4) is 0 Å². The number of carbonyl (C=O) groups is 3. The van der Waals surface area contributed by atoms with E-state index in [4.69, 9.17) is 0 Å². The maximum absolute atomic E-state index is 13.1. The van der Waals surface area contributed by atoms with E-state index < -0.39 is 35.6 Å². The zero-order valence-electron chi connectivity index (χ0n) is 14.0. The smallest absolute Gasteiger partial charge is 0.308 e. The van der Waals surface area contributed by atoms with E-state index in [0.717, 1.165) is 31.7 Å². The maximum atomic E-state index is 13.1. The van der Waals surface area contributed by atoms with E-state index in [2.05, 4.69) is 10.6 Å². The summed E-state index contributed by atoms with van der Waals surface area (Å²) >= 11 is 0. The first-order valence-electron chi connectivity index (χ1n) is 8.53. The normalized spacial score (nSPS) is 20.8. The van der Waals surface area contributed by atoms with Crippen LogP contribution in [0.3, 0.4) is 0 Å². The molecule has 0 saturated heterocycles. The molecule has 0 heterocycles. The Balaban J connectivity index is 1.89. The van der Waals surface area contributed by atoms with Gasteiger partial charge in [0.25, 0.3) is 5.91 Å². The van der Waals surface area contributed by atoms with Gasteiger partial charge < -0.3 is 15.7 Å². The summed E-state index contributed by atoms with van der Waals surface area (Å²) in [4.78, 5) is 35.4. The Morgan fingerprint density at radius 2 is 1.84 bits per heavy atom. The van der Waals surface area contributed by atoms with E-state index in [1.54, 1.807) is 0 Å². The van der Waals surface area contributed by atoms with Crippen LogP contribution in [0.5, 0.6) is 0 Å². The first-order valence-corrected chi connectivity index (χ1v) is 8.53.